The summed E-state index contributed by atoms with van der Waals surface area (Å²) >= 11 is 0. The van der Waals surface area contributed by atoms with Gasteiger partial charge in [-0.15, -0.1) is 0 Å². The van der Waals surface area contributed by atoms with Gasteiger partial charge in [0.1, 0.15) is 13.2 Å². The third kappa shape index (κ3) is 2.06. The second-order valence-electron chi connectivity index (χ2n) is 3.75. The van der Waals surface area contributed by atoms with Crippen LogP contribution in [0.1, 0.15) is 17.2 Å². The van der Waals surface area contributed by atoms with Gasteiger partial charge in [0.05, 0.1) is 7.11 Å². The van der Waals surface area contributed by atoms with E-state index in [-0.39, 0.29) is 0 Å². The van der Waals surface area contributed by atoms with Crippen LogP contribution >= 0.6 is 0 Å². The Kier molecular flexibility index (Phi) is 3.19. The minimum Gasteiger partial charge on any atom is -0.486 e. The Bertz CT molecular complexity index is 441. The number of methoxy groups -OCH3 is 1. The third-order valence-electron chi connectivity index (χ3n) is 2.66. The van der Waals surface area contributed by atoms with Crippen molar-refractivity contribution in [2.24, 2.45) is 0 Å². The number of aryl methyl sites for hydroxylation is 1. The molecule has 0 bridgehead atoms. The van der Waals surface area contributed by atoms with Crippen molar-refractivity contribution in [3.63, 3.8) is 0 Å². The van der Waals surface area contributed by atoms with E-state index in [2.05, 4.69) is 4.74 Å². The molecule has 1 aliphatic heterocycles. The number of rotatable bonds is 2. The van der Waals surface area contributed by atoms with Crippen LogP contribution in [-0.4, -0.2) is 31.4 Å². The van der Waals surface area contributed by atoms with Crippen molar-refractivity contribution in [3.8, 4) is 11.5 Å². The molecular formula is C12H14O5. The number of ether oxygens (including phenoxy) is 3. The molecule has 17 heavy (non-hydrogen) atoms. The number of hydrogen-bond acceptors (Lipinski definition) is 5. The molecule has 1 aliphatic rings. The van der Waals surface area contributed by atoms with Crippen molar-refractivity contribution in [2.45, 2.75) is 13.0 Å². The topological polar surface area (TPSA) is 65.0 Å². The smallest absolute Gasteiger partial charge is 0.339 e. The minimum absolute atomic E-state index is 0.400. The second kappa shape index (κ2) is 4.63. The molecule has 1 heterocycles. The third-order valence-corrected chi connectivity index (χ3v) is 2.66. The fourth-order valence-corrected chi connectivity index (χ4v) is 1.81. The first-order valence-electron chi connectivity index (χ1n) is 5.30. The molecule has 1 N–H and O–H groups in total. The van der Waals surface area contributed by atoms with E-state index < -0.39 is 12.1 Å². The van der Waals surface area contributed by atoms with Gasteiger partial charge in [0, 0.05) is 5.56 Å². The summed E-state index contributed by atoms with van der Waals surface area (Å²) in [6.07, 6.45) is -1.35. The summed E-state index contributed by atoms with van der Waals surface area (Å²) in [7, 11) is 1.23. The standard InChI is InChI=1S/C12H14O5/c1-7-3-4-8-11(17-6-5-16-8)9(7)10(13)12(14)15-2/h3-4,10,13H,5-6H2,1-2H3. The molecule has 0 saturated carbocycles. The maximum absolute atomic E-state index is 11.4. The molecule has 1 aromatic rings. The van der Waals surface area contributed by atoms with Gasteiger partial charge in [-0.1, -0.05) is 6.07 Å². The highest BCUT2D eigenvalue weighted by Gasteiger charge is 2.28. The molecule has 0 spiro atoms. The molecule has 0 aromatic heterocycles. The van der Waals surface area contributed by atoms with Crippen molar-refractivity contribution in [3.05, 3.63) is 23.3 Å². The lowest BCUT2D eigenvalue weighted by molar-refractivity contribution is -0.150. The monoisotopic (exact) mass is 238 g/mol. The van der Waals surface area contributed by atoms with Crippen LogP contribution in [0.15, 0.2) is 12.1 Å². The van der Waals surface area contributed by atoms with E-state index in [1.54, 1.807) is 19.1 Å². The van der Waals surface area contributed by atoms with Crippen LogP contribution < -0.4 is 9.47 Å². The summed E-state index contributed by atoms with van der Waals surface area (Å²) in [5, 5.41) is 9.92. The molecule has 0 amide bonds. The van der Waals surface area contributed by atoms with Gasteiger partial charge in [-0.3, -0.25) is 0 Å². The summed E-state index contributed by atoms with van der Waals surface area (Å²) in [4.78, 5) is 11.4. The molecule has 0 saturated heterocycles. The van der Waals surface area contributed by atoms with Crippen LogP contribution in [0.4, 0.5) is 0 Å². The van der Waals surface area contributed by atoms with Gasteiger partial charge in [0.2, 0.25) is 0 Å². The highest BCUT2D eigenvalue weighted by atomic mass is 16.6. The van der Waals surface area contributed by atoms with E-state index >= 15 is 0 Å². The number of esters is 1. The number of carbonyl (C=O) groups excluding carboxylic acids is 1. The van der Waals surface area contributed by atoms with Crippen LogP contribution in [-0.2, 0) is 9.53 Å². The van der Waals surface area contributed by atoms with E-state index in [1.807, 2.05) is 0 Å². The molecule has 0 aliphatic carbocycles. The quantitative estimate of drug-likeness (QED) is 0.778. The zero-order chi connectivity index (χ0) is 12.4. The molecule has 2 rings (SSSR count). The zero-order valence-corrected chi connectivity index (χ0v) is 9.73. The van der Waals surface area contributed by atoms with Gasteiger partial charge in [-0.2, -0.15) is 0 Å². The SMILES string of the molecule is COC(=O)C(O)c1c(C)ccc2c1OCCO2. The lowest BCUT2D eigenvalue weighted by Crippen LogP contribution is -2.21. The number of benzene rings is 1. The fourth-order valence-electron chi connectivity index (χ4n) is 1.81. The molecule has 1 atom stereocenters. The van der Waals surface area contributed by atoms with E-state index in [9.17, 15) is 9.90 Å². The predicted octanol–water partition coefficient (Wildman–Crippen LogP) is 0.973. The number of hydrogen-bond donors (Lipinski definition) is 1. The molecule has 1 aromatic carbocycles. The number of aliphatic hydroxyl groups excluding tert-OH is 1. The minimum atomic E-state index is -1.35. The molecule has 92 valence electrons. The molecule has 1 unspecified atom stereocenters. The highest BCUT2D eigenvalue weighted by molar-refractivity contribution is 5.78. The second-order valence-corrected chi connectivity index (χ2v) is 3.75. The first-order chi connectivity index (χ1) is 8.15. The van der Waals surface area contributed by atoms with Gasteiger partial charge in [-0.25, -0.2) is 4.79 Å². The van der Waals surface area contributed by atoms with Crippen molar-refractivity contribution >= 4 is 5.97 Å². The van der Waals surface area contributed by atoms with Gasteiger partial charge in [-0.05, 0) is 18.6 Å². The van der Waals surface area contributed by atoms with Gasteiger partial charge < -0.3 is 19.3 Å². The average molecular weight is 238 g/mol. The number of aliphatic hydroxyl groups is 1. The fraction of sp³-hybridized carbons (Fsp3) is 0.417. The highest BCUT2D eigenvalue weighted by Crippen LogP contribution is 2.39. The first-order valence-corrected chi connectivity index (χ1v) is 5.30. The Morgan fingerprint density at radius 2 is 2.12 bits per heavy atom. The summed E-state index contributed by atoms with van der Waals surface area (Å²) < 4.78 is 15.4. The van der Waals surface area contributed by atoms with Gasteiger partial charge >= 0.3 is 5.97 Å². The lowest BCUT2D eigenvalue weighted by atomic mass is 10.0. The van der Waals surface area contributed by atoms with E-state index in [0.717, 1.165) is 5.56 Å². The molecule has 5 nitrogen and oxygen atoms in total. The van der Waals surface area contributed by atoms with Gasteiger partial charge in [0.25, 0.3) is 0 Å². The predicted molar refractivity (Wildman–Crippen MR) is 59.1 cm³/mol. The van der Waals surface area contributed by atoms with Crippen LogP contribution in [0, 0.1) is 6.92 Å². The lowest BCUT2D eigenvalue weighted by Gasteiger charge is -2.23. The van der Waals surface area contributed by atoms with Crippen molar-refractivity contribution in [1.29, 1.82) is 0 Å². The molecule has 5 heteroatoms. The molecule has 0 fully saturated rings. The summed E-state index contributed by atoms with van der Waals surface area (Å²) in [6, 6.07) is 3.53. The summed E-state index contributed by atoms with van der Waals surface area (Å²) in [5.74, 6) is 0.254. The Labute approximate surface area is 98.9 Å². The zero-order valence-electron chi connectivity index (χ0n) is 9.73. The van der Waals surface area contributed by atoms with Crippen molar-refractivity contribution in [2.75, 3.05) is 20.3 Å². The Hall–Kier alpha value is -1.75. The van der Waals surface area contributed by atoms with Crippen LogP contribution in [0.25, 0.3) is 0 Å². The van der Waals surface area contributed by atoms with Crippen molar-refractivity contribution in [1.82, 2.24) is 0 Å². The van der Waals surface area contributed by atoms with Crippen LogP contribution in [0.3, 0.4) is 0 Å². The average Bonchev–Trinajstić information content (AvgIpc) is 2.37. The Morgan fingerprint density at radius 3 is 2.82 bits per heavy atom. The maximum Gasteiger partial charge on any atom is 0.339 e. The maximum atomic E-state index is 11.4. The largest absolute Gasteiger partial charge is 0.486 e. The van der Waals surface area contributed by atoms with Crippen LogP contribution in [0.2, 0.25) is 0 Å². The van der Waals surface area contributed by atoms with E-state index in [0.29, 0.717) is 30.3 Å². The Balaban J connectivity index is 2.48. The number of carbonyl (C=O) groups is 1. The van der Waals surface area contributed by atoms with Crippen molar-refractivity contribution < 1.29 is 24.1 Å². The van der Waals surface area contributed by atoms with Gasteiger partial charge in [0.15, 0.2) is 17.6 Å². The summed E-state index contributed by atoms with van der Waals surface area (Å²) in [6.45, 7) is 2.65. The first kappa shape index (κ1) is 11.7. The molecule has 0 radical (unpaired) electrons. The molecular weight excluding hydrogens is 224 g/mol. The summed E-state index contributed by atoms with van der Waals surface area (Å²) in [5.41, 5.74) is 1.17. The normalized spacial score (nSPS) is 15.2. The van der Waals surface area contributed by atoms with E-state index in [1.165, 1.54) is 7.11 Å². The number of fused-ring (bicyclic) bond motifs is 1. The Morgan fingerprint density at radius 1 is 1.41 bits per heavy atom. The van der Waals surface area contributed by atoms with Crippen LogP contribution in [0.5, 0.6) is 11.5 Å². The van der Waals surface area contributed by atoms with E-state index in [4.69, 9.17) is 9.47 Å².